The molecule has 0 N–H and O–H groups in total. The molecule has 1 aromatic heterocycles. The standard InChI is InChI=1S/C21H19NO2/c1-4-15-7-9-16(10-8-15)19-13-17-11-12-18(22(5-2)6-3)14-20(17)24-21(19)23/h1,7-14H,5-6H2,2-3H3. The van der Waals surface area contributed by atoms with E-state index >= 15 is 0 Å². The summed E-state index contributed by atoms with van der Waals surface area (Å²) in [4.78, 5) is 14.6. The Bertz CT molecular complexity index is 958. The van der Waals surface area contributed by atoms with Crippen LogP contribution in [0.5, 0.6) is 0 Å². The van der Waals surface area contributed by atoms with E-state index in [-0.39, 0.29) is 5.63 Å². The van der Waals surface area contributed by atoms with Crippen LogP contribution in [0.3, 0.4) is 0 Å². The molecular weight excluding hydrogens is 298 g/mol. The summed E-state index contributed by atoms with van der Waals surface area (Å²) in [5.41, 5.74) is 3.45. The quantitative estimate of drug-likeness (QED) is 0.532. The molecule has 24 heavy (non-hydrogen) atoms. The summed E-state index contributed by atoms with van der Waals surface area (Å²) >= 11 is 0. The van der Waals surface area contributed by atoms with Crippen LogP contribution in [0, 0.1) is 12.3 Å². The van der Waals surface area contributed by atoms with Crippen molar-refractivity contribution in [1.29, 1.82) is 0 Å². The van der Waals surface area contributed by atoms with E-state index in [1.807, 2.05) is 42.5 Å². The van der Waals surface area contributed by atoms with Gasteiger partial charge in [0.25, 0.3) is 0 Å². The Labute approximate surface area is 141 Å². The van der Waals surface area contributed by atoms with Gasteiger partial charge in [0.15, 0.2) is 0 Å². The van der Waals surface area contributed by atoms with Crippen LogP contribution >= 0.6 is 0 Å². The van der Waals surface area contributed by atoms with Gasteiger partial charge < -0.3 is 9.32 Å². The SMILES string of the molecule is C#Cc1ccc(-c2cc3ccc(N(CC)CC)cc3oc2=O)cc1. The van der Waals surface area contributed by atoms with Crippen LogP contribution in [0.4, 0.5) is 5.69 Å². The number of rotatable bonds is 4. The van der Waals surface area contributed by atoms with Gasteiger partial charge in [-0.15, -0.1) is 6.42 Å². The van der Waals surface area contributed by atoms with Crippen molar-refractivity contribution in [1.82, 2.24) is 0 Å². The molecule has 0 radical (unpaired) electrons. The van der Waals surface area contributed by atoms with Gasteiger partial charge in [-0.3, -0.25) is 0 Å². The molecule has 0 aliphatic rings. The van der Waals surface area contributed by atoms with Crippen LogP contribution in [0.25, 0.3) is 22.1 Å². The van der Waals surface area contributed by atoms with E-state index < -0.39 is 0 Å². The molecule has 0 spiro atoms. The van der Waals surface area contributed by atoms with E-state index in [4.69, 9.17) is 10.8 Å². The lowest BCUT2D eigenvalue weighted by atomic mass is 10.0. The van der Waals surface area contributed by atoms with Crippen LogP contribution in [0.1, 0.15) is 19.4 Å². The fourth-order valence-electron chi connectivity index (χ4n) is 2.83. The van der Waals surface area contributed by atoms with Crippen molar-refractivity contribution in [2.24, 2.45) is 0 Å². The smallest absolute Gasteiger partial charge is 0.344 e. The molecule has 0 amide bonds. The molecule has 3 nitrogen and oxygen atoms in total. The van der Waals surface area contributed by atoms with Crippen LogP contribution in [-0.4, -0.2) is 13.1 Å². The third kappa shape index (κ3) is 2.91. The predicted octanol–water partition coefficient (Wildman–Crippen LogP) is 4.29. The number of hydrogen-bond donors (Lipinski definition) is 0. The minimum atomic E-state index is -0.340. The summed E-state index contributed by atoms with van der Waals surface area (Å²) in [5.74, 6) is 2.57. The summed E-state index contributed by atoms with van der Waals surface area (Å²) in [7, 11) is 0. The molecule has 1 heterocycles. The summed E-state index contributed by atoms with van der Waals surface area (Å²) in [6.45, 7) is 6.03. The molecule has 0 saturated carbocycles. The van der Waals surface area contributed by atoms with Crippen molar-refractivity contribution >= 4 is 16.7 Å². The highest BCUT2D eigenvalue weighted by Gasteiger charge is 2.10. The molecule has 0 aliphatic heterocycles. The van der Waals surface area contributed by atoms with Crippen molar-refractivity contribution in [3.8, 4) is 23.5 Å². The first-order chi connectivity index (χ1) is 11.7. The Balaban J connectivity index is 2.09. The average molecular weight is 317 g/mol. The number of terminal acetylenes is 1. The average Bonchev–Trinajstić information content (AvgIpc) is 2.62. The number of anilines is 1. The monoisotopic (exact) mass is 317 g/mol. The molecule has 2 aromatic carbocycles. The lowest BCUT2D eigenvalue weighted by Gasteiger charge is -2.21. The first-order valence-electron chi connectivity index (χ1n) is 8.06. The molecule has 0 unspecified atom stereocenters. The predicted molar refractivity (Wildman–Crippen MR) is 99.4 cm³/mol. The van der Waals surface area contributed by atoms with E-state index in [2.05, 4.69) is 30.7 Å². The van der Waals surface area contributed by atoms with Crippen LogP contribution < -0.4 is 10.5 Å². The molecule has 0 fully saturated rings. The number of nitrogens with zero attached hydrogens (tertiary/aromatic N) is 1. The fourth-order valence-corrected chi connectivity index (χ4v) is 2.83. The van der Waals surface area contributed by atoms with E-state index in [1.54, 1.807) is 0 Å². The van der Waals surface area contributed by atoms with E-state index in [1.165, 1.54) is 0 Å². The third-order valence-corrected chi connectivity index (χ3v) is 4.21. The van der Waals surface area contributed by atoms with Crippen molar-refractivity contribution in [3.05, 3.63) is 64.5 Å². The van der Waals surface area contributed by atoms with Gasteiger partial charge in [0, 0.05) is 35.8 Å². The van der Waals surface area contributed by atoms with E-state index in [9.17, 15) is 4.79 Å². The molecule has 0 saturated heterocycles. The number of hydrogen-bond acceptors (Lipinski definition) is 3. The van der Waals surface area contributed by atoms with Crippen molar-refractivity contribution < 1.29 is 4.42 Å². The Morgan fingerprint density at radius 3 is 2.38 bits per heavy atom. The number of benzene rings is 2. The minimum Gasteiger partial charge on any atom is -0.422 e. The first-order valence-corrected chi connectivity index (χ1v) is 8.06. The van der Waals surface area contributed by atoms with E-state index in [0.717, 1.165) is 35.3 Å². The Morgan fingerprint density at radius 1 is 1.04 bits per heavy atom. The molecule has 3 rings (SSSR count). The van der Waals surface area contributed by atoms with Gasteiger partial charge >= 0.3 is 5.63 Å². The second-order valence-corrected chi connectivity index (χ2v) is 5.56. The van der Waals surface area contributed by atoms with Gasteiger partial charge in [0.2, 0.25) is 0 Å². The van der Waals surface area contributed by atoms with Crippen molar-refractivity contribution in [2.75, 3.05) is 18.0 Å². The highest BCUT2D eigenvalue weighted by atomic mass is 16.4. The zero-order chi connectivity index (χ0) is 17.1. The maximum atomic E-state index is 12.4. The highest BCUT2D eigenvalue weighted by molar-refractivity contribution is 5.84. The van der Waals surface area contributed by atoms with Crippen LogP contribution in [0.15, 0.2) is 57.7 Å². The molecule has 0 aliphatic carbocycles. The second kappa shape index (κ2) is 6.64. The van der Waals surface area contributed by atoms with Crippen LogP contribution in [0.2, 0.25) is 0 Å². The van der Waals surface area contributed by atoms with Crippen molar-refractivity contribution in [3.63, 3.8) is 0 Å². The second-order valence-electron chi connectivity index (χ2n) is 5.56. The highest BCUT2D eigenvalue weighted by Crippen LogP contribution is 2.25. The van der Waals surface area contributed by atoms with Gasteiger partial charge in [-0.2, -0.15) is 0 Å². The van der Waals surface area contributed by atoms with Gasteiger partial charge in [-0.25, -0.2) is 4.79 Å². The Kier molecular flexibility index (Phi) is 4.39. The van der Waals surface area contributed by atoms with Gasteiger partial charge in [0.05, 0.1) is 5.56 Å². The first kappa shape index (κ1) is 15.9. The van der Waals surface area contributed by atoms with Crippen molar-refractivity contribution in [2.45, 2.75) is 13.8 Å². The molecule has 3 aromatic rings. The zero-order valence-electron chi connectivity index (χ0n) is 13.9. The molecule has 3 heteroatoms. The third-order valence-electron chi connectivity index (χ3n) is 4.21. The summed E-state index contributed by atoms with van der Waals surface area (Å²) < 4.78 is 5.56. The van der Waals surface area contributed by atoms with E-state index in [0.29, 0.717) is 11.1 Å². The maximum absolute atomic E-state index is 12.4. The number of fused-ring (bicyclic) bond motifs is 1. The maximum Gasteiger partial charge on any atom is 0.344 e. The summed E-state index contributed by atoms with van der Waals surface area (Å²) in [6, 6.07) is 15.2. The Hall–Kier alpha value is -2.99. The molecular formula is C21H19NO2. The lowest BCUT2D eigenvalue weighted by molar-refractivity contribution is 0.563. The van der Waals surface area contributed by atoms with Gasteiger partial charge in [-0.1, -0.05) is 18.1 Å². The molecule has 120 valence electrons. The largest absolute Gasteiger partial charge is 0.422 e. The zero-order valence-corrected chi connectivity index (χ0v) is 13.9. The minimum absolute atomic E-state index is 0.340. The lowest BCUT2D eigenvalue weighted by Crippen LogP contribution is -2.21. The summed E-state index contributed by atoms with van der Waals surface area (Å²) in [6.07, 6.45) is 5.37. The topological polar surface area (TPSA) is 33.5 Å². The van der Waals surface area contributed by atoms with Gasteiger partial charge in [-0.05, 0) is 49.7 Å². The Morgan fingerprint density at radius 2 is 1.75 bits per heavy atom. The fraction of sp³-hybridized carbons (Fsp3) is 0.190. The molecule has 0 atom stereocenters. The molecule has 0 bridgehead atoms. The normalized spacial score (nSPS) is 10.5. The van der Waals surface area contributed by atoms with Gasteiger partial charge in [0.1, 0.15) is 5.58 Å². The summed E-state index contributed by atoms with van der Waals surface area (Å²) in [5, 5.41) is 0.904. The van der Waals surface area contributed by atoms with Crippen LogP contribution in [-0.2, 0) is 0 Å².